The van der Waals surface area contributed by atoms with E-state index in [1.165, 1.54) is 12.1 Å². The number of halogens is 2. The highest BCUT2D eigenvalue weighted by Gasteiger charge is 2.20. The average molecular weight is 378 g/mol. The average Bonchev–Trinajstić information content (AvgIpc) is 2.96. The molecule has 3 aromatic rings. The second-order valence-electron chi connectivity index (χ2n) is 5.10. The van der Waals surface area contributed by atoms with Gasteiger partial charge in [-0.05, 0) is 17.8 Å². The molecule has 1 heterocycles. The van der Waals surface area contributed by atoms with Crippen LogP contribution < -0.4 is 4.74 Å². The van der Waals surface area contributed by atoms with Crippen molar-refractivity contribution in [2.75, 3.05) is 0 Å². The van der Waals surface area contributed by atoms with Gasteiger partial charge in [0.2, 0.25) is 5.75 Å². The number of nitro benzene ring substituents is 1. The first-order chi connectivity index (χ1) is 12.5. The molecule has 134 valence electrons. The molecule has 0 saturated carbocycles. The van der Waals surface area contributed by atoms with Crippen molar-refractivity contribution < 1.29 is 18.4 Å². The van der Waals surface area contributed by atoms with Gasteiger partial charge < -0.3 is 9.30 Å². The minimum absolute atomic E-state index is 0.460. The summed E-state index contributed by atoms with van der Waals surface area (Å²) in [6, 6.07) is 13.2. The number of hydrogen-bond acceptors (Lipinski definition) is 6. The molecule has 0 saturated heterocycles. The summed E-state index contributed by atoms with van der Waals surface area (Å²) in [5.74, 6) is 0.138. The quantitative estimate of drug-likeness (QED) is 0.473. The van der Waals surface area contributed by atoms with Crippen molar-refractivity contribution in [1.82, 2.24) is 14.8 Å². The number of aromatic nitrogens is 3. The molecule has 26 heavy (non-hydrogen) atoms. The SMILES string of the molecule is Cn1c(Sc2ccc([N+](=O)[O-])c(OC(F)F)c2)nnc1-c1ccccc1. The van der Waals surface area contributed by atoms with E-state index in [0.717, 1.165) is 23.4 Å². The minimum atomic E-state index is -3.16. The summed E-state index contributed by atoms with van der Waals surface area (Å²) in [5, 5.41) is 19.7. The lowest BCUT2D eigenvalue weighted by atomic mass is 10.2. The molecule has 0 fully saturated rings. The Kier molecular flexibility index (Phi) is 5.12. The van der Waals surface area contributed by atoms with Gasteiger partial charge in [0.05, 0.1) is 4.92 Å². The summed E-state index contributed by atoms with van der Waals surface area (Å²) in [6.07, 6.45) is 0. The maximum absolute atomic E-state index is 12.5. The molecule has 3 rings (SSSR count). The van der Waals surface area contributed by atoms with E-state index >= 15 is 0 Å². The lowest BCUT2D eigenvalue weighted by Gasteiger charge is -2.08. The third kappa shape index (κ3) is 3.80. The molecular weight excluding hydrogens is 366 g/mol. The van der Waals surface area contributed by atoms with Crippen molar-refractivity contribution >= 4 is 17.4 Å². The van der Waals surface area contributed by atoms with Crippen LogP contribution in [0.5, 0.6) is 5.75 Å². The summed E-state index contributed by atoms with van der Waals surface area (Å²) >= 11 is 1.13. The molecule has 0 radical (unpaired) electrons. The summed E-state index contributed by atoms with van der Waals surface area (Å²) < 4.78 is 31.0. The molecule has 0 bridgehead atoms. The zero-order chi connectivity index (χ0) is 18.7. The van der Waals surface area contributed by atoms with Gasteiger partial charge in [0.15, 0.2) is 11.0 Å². The van der Waals surface area contributed by atoms with Gasteiger partial charge in [-0.2, -0.15) is 8.78 Å². The van der Waals surface area contributed by atoms with Crippen LogP contribution in [0.4, 0.5) is 14.5 Å². The Bertz CT molecular complexity index is 934. The van der Waals surface area contributed by atoms with E-state index < -0.39 is 23.0 Å². The predicted octanol–water partition coefficient (Wildman–Crippen LogP) is 4.14. The van der Waals surface area contributed by atoms with E-state index in [1.807, 2.05) is 30.3 Å². The van der Waals surface area contributed by atoms with Gasteiger partial charge in [-0.3, -0.25) is 10.1 Å². The van der Waals surface area contributed by atoms with Crippen molar-refractivity contribution in [1.29, 1.82) is 0 Å². The Morgan fingerprint density at radius 2 is 1.92 bits per heavy atom. The second kappa shape index (κ2) is 7.48. The second-order valence-corrected chi connectivity index (χ2v) is 6.14. The highest BCUT2D eigenvalue weighted by molar-refractivity contribution is 7.99. The fraction of sp³-hybridized carbons (Fsp3) is 0.125. The molecule has 7 nitrogen and oxygen atoms in total. The van der Waals surface area contributed by atoms with Gasteiger partial charge in [-0.1, -0.05) is 30.3 Å². The molecule has 0 aliphatic rings. The van der Waals surface area contributed by atoms with Crippen LogP contribution in [0, 0.1) is 10.1 Å². The van der Waals surface area contributed by atoms with Crippen LogP contribution in [0.3, 0.4) is 0 Å². The van der Waals surface area contributed by atoms with Crippen LogP contribution in [0.25, 0.3) is 11.4 Å². The molecule has 0 aliphatic carbocycles. The fourth-order valence-corrected chi connectivity index (χ4v) is 3.06. The van der Waals surface area contributed by atoms with Crippen LogP contribution in [0.15, 0.2) is 58.6 Å². The summed E-state index contributed by atoms with van der Waals surface area (Å²) in [7, 11) is 1.77. The molecule has 0 N–H and O–H groups in total. The van der Waals surface area contributed by atoms with Crippen molar-refractivity contribution in [3.63, 3.8) is 0 Å². The Balaban J connectivity index is 1.90. The molecular formula is C16H12F2N4O3S. The topological polar surface area (TPSA) is 83.1 Å². The van der Waals surface area contributed by atoms with Gasteiger partial charge >= 0.3 is 12.3 Å². The molecule has 2 aromatic carbocycles. The standard InChI is InChI=1S/C16H12F2N4O3S/c1-21-14(10-5-3-2-4-6-10)19-20-16(21)26-11-7-8-12(22(23)24)13(9-11)25-15(17)18/h2-9,15H,1H3. The molecule has 0 amide bonds. The zero-order valence-corrected chi connectivity index (χ0v) is 14.2. The van der Waals surface area contributed by atoms with Gasteiger partial charge in [-0.15, -0.1) is 10.2 Å². The first kappa shape index (κ1) is 17.8. The van der Waals surface area contributed by atoms with Crippen molar-refractivity contribution in [3.05, 3.63) is 58.6 Å². The highest BCUT2D eigenvalue weighted by atomic mass is 32.2. The van der Waals surface area contributed by atoms with Crippen LogP contribution in [0.2, 0.25) is 0 Å². The van der Waals surface area contributed by atoms with E-state index in [-0.39, 0.29) is 0 Å². The number of rotatable bonds is 6. The minimum Gasteiger partial charge on any atom is -0.427 e. The van der Waals surface area contributed by atoms with E-state index in [0.29, 0.717) is 15.9 Å². The van der Waals surface area contributed by atoms with Crippen LogP contribution in [-0.2, 0) is 7.05 Å². The molecule has 1 aromatic heterocycles. The van der Waals surface area contributed by atoms with Crippen molar-refractivity contribution in [3.8, 4) is 17.1 Å². The van der Waals surface area contributed by atoms with Gasteiger partial charge in [0.1, 0.15) is 0 Å². The Morgan fingerprint density at radius 3 is 2.58 bits per heavy atom. The fourth-order valence-electron chi connectivity index (χ4n) is 2.25. The summed E-state index contributed by atoms with van der Waals surface area (Å²) in [5.41, 5.74) is 0.345. The Morgan fingerprint density at radius 1 is 1.19 bits per heavy atom. The van der Waals surface area contributed by atoms with Crippen LogP contribution in [0.1, 0.15) is 0 Å². The predicted molar refractivity (Wildman–Crippen MR) is 90.3 cm³/mol. The summed E-state index contributed by atoms with van der Waals surface area (Å²) in [6.45, 7) is -3.16. The normalized spacial score (nSPS) is 10.9. The molecule has 10 heteroatoms. The van der Waals surface area contributed by atoms with Crippen molar-refractivity contribution in [2.45, 2.75) is 16.7 Å². The van der Waals surface area contributed by atoms with Gasteiger partial charge in [0, 0.05) is 29.6 Å². The Hall–Kier alpha value is -3.01. The van der Waals surface area contributed by atoms with E-state index in [9.17, 15) is 18.9 Å². The molecule has 0 aliphatic heterocycles. The molecule has 0 spiro atoms. The number of hydrogen-bond donors (Lipinski definition) is 0. The zero-order valence-electron chi connectivity index (χ0n) is 13.4. The lowest BCUT2D eigenvalue weighted by molar-refractivity contribution is -0.386. The molecule has 0 unspecified atom stereocenters. The third-order valence-electron chi connectivity index (χ3n) is 3.42. The third-order valence-corrected chi connectivity index (χ3v) is 4.45. The Labute approximate surface area is 150 Å². The van der Waals surface area contributed by atoms with Gasteiger partial charge in [0.25, 0.3) is 0 Å². The monoisotopic (exact) mass is 378 g/mol. The van der Waals surface area contributed by atoms with Crippen molar-refractivity contribution in [2.24, 2.45) is 7.05 Å². The lowest BCUT2D eigenvalue weighted by Crippen LogP contribution is -2.04. The number of nitro groups is 1. The smallest absolute Gasteiger partial charge is 0.387 e. The first-order valence-corrected chi connectivity index (χ1v) is 8.13. The number of benzene rings is 2. The van der Waals surface area contributed by atoms with Crippen LogP contribution in [-0.4, -0.2) is 26.3 Å². The van der Waals surface area contributed by atoms with E-state index in [1.54, 1.807) is 11.6 Å². The highest BCUT2D eigenvalue weighted by Crippen LogP contribution is 2.36. The van der Waals surface area contributed by atoms with E-state index in [2.05, 4.69) is 14.9 Å². The largest absolute Gasteiger partial charge is 0.427 e. The maximum Gasteiger partial charge on any atom is 0.387 e. The molecule has 0 atom stereocenters. The number of nitrogens with zero attached hydrogens (tertiary/aromatic N) is 4. The number of alkyl halides is 2. The maximum atomic E-state index is 12.5. The summed E-state index contributed by atoms with van der Waals surface area (Å²) in [4.78, 5) is 10.6. The van der Waals surface area contributed by atoms with Gasteiger partial charge in [-0.25, -0.2) is 0 Å². The first-order valence-electron chi connectivity index (χ1n) is 7.31. The van der Waals surface area contributed by atoms with Crippen LogP contribution >= 0.6 is 11.8 Å². The van der Waals surface area contributed by atoms with E-state index in [4.69, 9.17) is 0 Å². The number of ether oxygens (including phenoxy) is 1.